The van der Waals surface area contributed by atoms with Crippen LogP contribution in [0, 0.1) is 0 Å². The summed E-state index contributed by atoms with van der Waals surface area (Å²) in [7, 11) is 0. The van der Waals surface area contributed by atoms with Crippen LogP contribution in [0.25, 0.3) is 0 Å². The van der Waals surface area contributed by atoms with Gasteiger partial charge in [-0.2, -0.15) is 0 Å². The van der Waals surface area contributed by atoms with Gasteiger partial charge in [0.1, 0.15) is 12.4 Å². The van der Waals surface area contributed by atoms with Crippen LogP contribution in [0.5, 0.6) is 5.75 Å². The third-order valence-corrected chi connectivity index (χ3v) is 2.82. The third kappa shape index (κ3) is 3.92. The molecule has 0 aromatic heterocycles. The predicted octanol–water partition coefficient (Wildman–Crippen LogP) is 1.69. The van der Waals surface area contributed by atoms with E-state index >= 15 is 0 Å². The highest BCUT2D eigenvalue weighted by Crippen LogP contribution is 2.22. The van der Waals surface area contributed by atoms with E-state index in [9.17, 15) is 4.79 Å². The molecule has 0 aliphatic carbocycles. The number of anilines is 1. The van der Waals surface area contributed by atoms with Crippen LogP contribution < -0.4 is 10.5 Å². The normalized spacial score (nSPS) is 10.6. The molecule has 18 heavy (non-hydrogen) atoms. The summed E-state index contributed by atoms with van der Waals surface area (Å²) >= 11 is 0. The van der Waals surface area contributed by atoms with E-state index in [1.807, 2.05) is 0 Å². The van der Waals surface area contributed by atoms with E-state index in [0.717, 1.165) is 19.6 Å². The van der Waals surface area contributed by atoms with Gasteiger partial charge in [0, 0.05) is 6.54 Å². The zero-order chi connectivity index (χ0) is 13.5. The van der Waals surface area contributed by atoms with Crippen LogP contribution in [0.4, 0.5) is 5.69 Å². The summed E-state index contributed by atoms with van der Waals surface area (Å²) < 4.78 is 5.53. The van der Waals surface area contributed by atoms with Crippen LogP contribution in [0.1, 0.15) is 24.2 Å². The summed E-state index contributed by atoms with van der Waals surface area (Å²) in [5, 5.41) is 8.89. The first kappa shape index (κ1) is 14.3. The number of carbonyl (C=O) groups is 1. The number of carboxylic acids is 1. The smallest absolute Gasteiger partial charge is 0.335 e. The molecule has 5 nitrogen and oxygen atoms in total. The van der Waals surface area contributed by atoms with Crippen LogP contribution in [0.3, 0.4) is 0 Å². The molecular weight excluding hydrogens is 232 g/mol. The fraction of sp³-hybridized carbons (Fsp3) is 0.462. The Morgan fingerprint density at radius 2 is 2.06 bits per heavy atom. The average Bonchev–Trinajstić information content (AvgIpc) is 2.36. The standard InChI is InChI=1S/C13H20N2O3/c1-3-15(4-2)7-8-18-12-9-10(13(16)17)5-6-11(12)14/h5-6,9H,3-4,7-8,14H2,1-2H3,(H,16,17). The van der Waals surface area contributed by atoms with Crippen molar-refractivity contribution in [2.75, 3.05) is 32.0 Å². The molecule has 1 rings (SSSR count). The molecule has 0 fully saturated rings. The van der Waals surface area contributed by atoms with Gasteiger partial charge in [0.15, 0.2) is 0 Å². The van der Waals surface area contributed by atoms with Crippen LogP contribution >= 0.6 is 0 Å². The second kappa shape index (κ2) is 6.86. The molecule has 0 unspecified atom stereocenters. The summed E-state index contributed by atoms with van der Waals surface area (Å²) in [5.74, 6) is -0.550. The minimum absolute atomic E-state index is 0.182. The monoisotopic (exact) mass is 252 g/mol. The van der Waals surface area contributed by atoms with Gasteiger partial charge >= 0.3 is 5.97 Å². The maximum Gasteiger partial charge on any atom is 0.335 e. The lowest BCUT2D eigenvalue weighted by Crippen LogP contribution is -2.28. The zero-order valence-corrected chi connectivity index (χ0v) is 10.8. The van der Waals surface area contributed by atoms with E-state index in [0.29, 0.717) is 18.0 Å². The van der Waals surface area contributed by atoms with Gasteiger partial charge in [0.25, 0.3) is 0 Å². The first-order valence-corrected chi connectivity index (χ1v) is 6.06. The zero-order valence-electron chi connectivity index (χ0n) is 10.8. The molecule has 0 amide bonds. The molecule has 0 spiro atoms. The summed E-state index contributed by atoms with van der Waals surface area (Å²) in [4.78, 5) is 13.1. The largest absolute Gasteiger partial charge is 0.490 e. The minimum Gasteiger partial charge on any atom is -0.490 e. The van der Waals surface area contributed by atoms with Gasteiger partial charge in [0.2, 0.25) is 0 Å². The number of nitrogens with zero attached hydrogens (tertiary/aromatic N) is 1. The van der Waals surface area contributed by atoms with Gasteiger partial charge in [-0.1, -0.05) is 13.8 Å². The van der Waals surface area contributed by atoms with Crippen molar-refractivity contribution >= 4 is 11.7 Å². The molecule has 5 heteroatoms. The second-order valence-corrected chi connectivity index (χ2v) is 3.93. The molecule has 100 valence electrons. The van der Waals surface area contributed by atoms with Crippen LogP contribution in [0.2, 0.25) is 0 Å². The van der Waals surface area contributed by atoms with Crippen molar-refractivity contribution in [2.45, 2.75) is 13.8 Å². The summed E-state index contributed by atoms with van der Waals surface area (Å²) in [5.41, 5.74) is 6.38. The fourth-order valence-corrected chi connectivity index (χ4v) is 1.62. The molecule has 1 aromatic carbocycles. The van der Waals surface area contributed by atoms with Crippen molar-refractivity contribution in [1.29, 1.82) is 0 Å². The third-order valence-electron chi connectivity index (χ3n) is 2.82. The SMILES string of the molecule is CCN(CC)CCOc1cc(C(=O)O)ccc1N. The number of nitrogen functional groups attached to an aromatic ring is 1. The van der Waals surface area contributed by atoms with Gasteiger partial charge in [-0.15, -0.1) is 0 Å². The minimum atomic E-state index is -0.983. The Hall–Kier alpha value is -1.75. The number of likely N-dealkylation sites (N-methyl/N-ethyl adjacent to an activating group) is 1. The van der Waals surface area contributed by atoms with E-state index in [2.05, 4.69) is 18.7 Å². The quantitative estimate of drug-likeness (QED) is 0.722. The van der Waals surface area contributed by atoms with E-state index < -0.39 is 5.97 Å². The van der Waals surface area contributed by atoms with Crippen molar-refractivity contribution in [3.05, 3.63) is 23.8 Å². The van der Waals surface area contributed by atoms with E-state index in [4.69, 9.17) is 15.6 Å². The molecule has 0 radical (unpaired) electrons. The number of benzene rings is 1. The van der Waals surface area contributed by atoms with Gasteiger partial charge in [0.05, 0.1) is 11.3 Å². The highest BCUT2D eigenvalue weighted by atomic mass is 16.5. The summed E-state index contributed by atoms with van der Waals surface area (Å²) in [6, 6.07) is 4.48. The van der Waals surface area contributed by atoms with E-state index in [-0.39, 0.29) is 5.56 Å². The van der Waals surface area contributed by atoms with Crippen molar-refractivity contribution < 1.29 is 14.6 Å². The van der Waals surface area contributed by atoms with E-state index in [1.165, 1.54) is 12.1 Å². The van der Waals surface area contributed by atoms with Crippen molar-refractivity contribution in [3.8, 4) is 5.75 Å². The van der Waals surface area contributed by atoms with Crippen molar-refractivity contribution in [3.63, 3.8) is 0 Å². The number of hydrogen-bond acceptors (Lipinski definition) is 4. The molecule has 0 saturated heterocycles. The Kier molecular flexibility index (Phi) is 5.45. The Morgan fingerprint density at radius 3 is 2.61 bits per heavy atom. The molecule has 3 N–H and O–H groups in total. The van der Waals surface area contributed by atoms with Gasteiger partial charge in [-0.05, 0) is 31.3 Å². The highest BCUT2D eigenvalue weighted by Gasteiger charge is 2.08. The van der Waals surface area contributed by atoms with Gasteiger partial charge in [-0.25, -0.2) is 4.79 Å². The number of hydrogen-bond donors (Lipinski definition) is 2. The van der Waals surface area contributed by atoms with Gasteiger partial charge in [-0.3, -0.25) is 0 Å². The molecule has 0 bridgehead atoms. The van der Waals surface area contributed by atoms with Crippen molar-refractivity contribution in [1.82, 2.24) is 4.90 Å². The lowest BCUT2D eigenvalue weighted by molar-refractivity contribution is 0.0696. The number of carboxylic acid groups (broad SMARTS) is 1. The Balaban J connectivity index is 2.61. The number of aromatic carboxylic acids is 1. The topological polar surface area (TPSA) is 75.8 Å². The molecule has 1 aromatic rings. The maximum atomic E-state index is 10.8. The van der Waals surface area contributed by atoms with Crippen molar-refractivity contribution in [2.24, 2.45) is 0 Å². The second-order valence-electron chi connectivity index (χ2n) is 3.93. The van der Waals surface area contributed by atoms with E-state index in [1.54, 1.807) is 6.07 Å². The number of nitrogens with two attached hydrogens (primary N) is 1. The molecule has 0 saturated carbocycles. The lowest BCUT2D eigenvalue weighted by atomic mass is 10.2. The first-order chi connectivity index (χ1) is 8.58. The Bertz CT molecular complexity index is 403. The highest BCUT2D eigenvalue weighted by molar-refractivity contribution is 5.89. The Morgan fingerprint density at radius 1 is 1.39 bits per heavy atom. The van der Waals surface area contributed by atoms with Crippen LogP contribution in [-0.4, -0.2) is 42.2 Å². The van der Waals surface area contributed by atoms with Gasteiger partial charge < -0.3 is 20.5 Å². The van der Waals surface area contributed by atoms with Crippen LogP contribution in [0.15, 0.2) is 18.2 Å². The van der Waals surface area contributed by atoms with Crippen LogP contribution in [-0.2, 0) is 0 Å². The lowest BCUT2D eigenvalue weighted by Gasteiger charge is -2.18. The molecular formula is C13H20N2O3. The summed E-state index contributed by atoms with van der Waals surface area (Å²) in [6.45, 7) is 7.39. The molecule has 0 aliphatic rings. The maximum absolute atomic E-state index is 10.8. The fourth-order valence-electron chi connectivity index (χ4n) is 1.62. The summed E-state index contributed by atoms with van der Waals surface area (Å²) in [6.07, 6.45) is 0. The average molecular weight is 252 g/mol. The molecule has 0 heterocycles. The number of ether oxygens (including phenoxy) is 1. The number of rotatable bonds is 7. The molecule has 0 aliphatic heterocycles. The predicted molar refractivity (Wildman–Crippen MR) is 71.1 cm³/mol. The Labute approximate surface area is 107 Å². The first-order valence-electron chi connectivity index (χ1n) is 6.06. The molecule has 0 atom stereocenters.